The van der Waals surface area contributed by atoms with Gasteiger partial charge in [0.25, 0.3) is 0 Å². The summed E-state index contributed by atoms with van der Waals surface area (Å²) >= 11 is 0. The van der Waals surface area contributed by atoms with E-state index in [1.165, 1.54) is 0 Å². The fraction of sp³-hybridized carbons (Fsp3) is 0.500. The average Bonchev–Trinajstić information content (AvgIpc) is 1.35. The summed E-state index contributed by atoms with van der Waals surface area (Å²) in [6.45, 7) is 3.04. The van der Waals surface area contributed by atoms with Gasteiger partial charge in [0.05, 0.1) is 0 Å². The van der Waals surface area contributed by atoms with Crippen LogP contribution in [0.3, 0.4) is 0 Å². The number of hydrogen-bond donors (Lipinski definition) is 0. The summed E-state index contributed by atoms with van der Waals surface area (Å²) < 4.78 is 19.8. The van der Waals surface area contributed by atoms with Crippen LogP contribution in [0.1, 0.15) is 7.43 Å². The van der Waals surface area contributed by atoms with Crippen molar-refractivity contribution in [2.45, 2.75) is 7.43 Å². The van der Waals surface area contributed by atoms with Crippen molar-refractivity contribution >= 4 is 9.84 Å². The number of rotatable bonds is 1. The number of hydrogen-bond acceptors (Lipinski definition) is 2. The van der Waals surface area contributed by atoms with Crippen LogP contribution in [0.2, 0.25) is 0 Å². The molecule has 0 aromatic heterocycles. The minimum atomic E-state index is -2.90. The largest absolute Gasteiger partial charge is 0.225 e. The Bertz CT molecular complexity index is 120. The molecule has 0 unspecified atom stereocenters. The van der Waals surface area contributed by atoms with E-state index >= 15 is 0 Å². The van der Waals surface area contributed by atoms with Crippen molar-refractivity contribution in [3.05, 3.63) is 12.0 Å². The van der Waals surface area contributed by atoms with Gasteiger partial charge in [-0.15, -0.1) is 0 Å². The molecule has 0 heterocycles. The maximum atomic E-state index is 9.88. The lowest BCUT2D eigenvalue weighted by Gasteiger charge is -1.74. The van der Waals surface area contributed by atoms with Crippen molar-refractivity contribution in [2.24, 2.45) is 0 Å². The second-order valence-electron chi connectivity index (χ2n) is 0.996. The van der Waals surface area contributed by atoms with Crippen molar-refractivity contribution in [3.63, 3.8) is 0 Å². The Morgan fingerprint density at radius 3 is 1.71 bits per heavy atom. The van der Waals surface area contributed by atoms with E-state index in [1.807, 2.05) is 0 Å². The normalized spacial score (nSPS) is 9.29. The molecular formula is C4H10O2S. The Morgan fingerprint density at radius 1 is 1.57 bits per heavy atom. The van der Waals surface area contributed by atoms with Crippen LogP contribution in [0.5, 0.6) is 0 Å². The predicted molar refractivity (Wildman–Crippen MR) is 31.8 cm³/mol. The van der Waals surface area contributed by atoms with E-state index in [0.29, 0.717) is 0 Å². The minimum absolute atomic E-state index is 0. The molecule has 0 aliphatic heterocycles. The Morgan fingerprint density at radius 2 is 1.71 bits per heavy atom. The Kier molecular flexibility index (Phi) is 3.93. The van der Waals surface area contributed by atoms with Gasteiger partial charge in [-0.3, -0.25) is 0 Å². The van der Waals surface area contributed by atoms with Gasteiger partial charge in [-0.25, -0.2) is 8.42 Å². The van der Waals surface area contributed by atoms with Gasteiger partial charge in [0.15, 0.2) is 9.84 Å². The molecule has 0 saturated carbocycles. The van der Waals surface area contributed by atoms with Gasteiger partial charge < -0.3 is 0 Å². The summed E-state index contributed by atoms with van der Waals surface area (Å²) in [6.07, 6.45) is 1.10. The molecule has 7 heavy (non-hydrogen) atoms. The molecule has 0 spiro atoms. The van der Waals surface area contributed by atoms with Crippen LogP contribution in [-0.4, -0.2) is 14.7 Å². The van der Waals surface area contributed by atoms with Crippen molar-refractivity contribution in [3.8, 4) is 0 Å². The highest BCUT2D eigenvalue weighted by Gasteiger charge is 1.85. The Hall–Kier alpha value is -0.310. The molecule has 0 aromatic carbocycles. The van der Waals surface area contributed by atoms with Gasteiger partial charge in [-0.2, -0.15) is 0 Å². The fourth-order valence-electron chi connectivity index (χ4n) is 0. The summed E-state index contributed by atoms with van der Waals surface area (Å²) in [7, 11) is -2.90. The Labute approximate surface area is 44.8 Å². The van der Waals surface area contributed by atoms with Crippen molar-refractivity contribution in [2.75, 3.05) is 6.26 Å². The molecule has 3 heteroatoms. The van der Waals surface area contributed by atoms with Crippen LogP contribution in [0.15, 0.2) is 12.0 Å². The highest BCUT2D eigenvalue weighted by atomic mass is 32.2. The summed E-state index contributed by atoms with van der Waals surface area (Å²) in [5, 5.41) is 0.910. The monoisotopic (exact) mass is 122 g/mol. The molecule has 0 radical (unpaired) electrons. The zero-order chi connectivity index (χ0) is 5.21. The summed E-state index contributed by atoms with van der Waals surface area (Å²) in [5.74, 6) is 0. The maximum Gasteiger partial charge on any atom is 0.168 e. The van der Waals surface area contributed by atoms with Gasteiger partial charge >= 0.3 is 0 Å². The molecule has 0 fully saturated rings. The van der Waals surface area contributed by atoms with E-state index in [1.54, 1.807) is 0 Å². The van der Waals surface area contributed by atoms with Gasteiger partial charge in [-0.1, -0.05) is 14.0 Å². The lowest BCUT2D eigenvalue weighted by Crippen LogP contribution is -1.84. The standard InChI is InChI=1S/C3H6O2S.CH4/c1-3-6(2,4)5;/h3H,1H2,2H3;1H4. The summed E-state index contributed by atoms with van der Waals surface area (Å²) in [6, 6.07) is 0. The third-order valence-corrected chi connectivity index (χ3v) is 0.908. The third kappa shape index (κ3) is 10.7. The summed E-state index contributed by atoms with van der Waals surface area (Å²) in [5.41, 5.74) is 0. The van der Waals surface area contributed by atoms with Crippen molar-refractivity contribution < 1.29 is 8.42 Å². The Balaban J connectivity index is 0. The third-order valence-electron chi connectivity index (χ3n) is 0.303. The molecule has 0 aliphatic carbocycles. The molecular weight excluding hydrogens is 112 g/mol. The molecule has 2 nitrogen and oxygen atoms in total. The summed E-state index contributed by atoms with van der Waals surface area (Å²) in [4.78, 5) is 0. The van der Waals surface area contributed by atoms with Crippen molar-refractivity contribution in [1.29, 1.82) is 0 Å². The molecule has 0 amide bonds. The van der Waals surface area contributed by atoms with E-state index < -0.39 is 9.84 Å². The van der Waals surface area contributed by atoms with Crippen LogP contribution >= 0.6 is 0 Å². The number of sulfone groups is 1. The highest BCUT2D eigenvalue weighted by Crippen LogP contribution is 1.76. The van der Waals surface area contributed by atoms with E-state index in [4.69, 9.17) is 0 Å². The smallest absolute Gasteiger partial charge is 0.168 e. The molecule has 0 bridgehead atoms. The van der Waals surface area contributed by atoms with E-state index in [-0.39, 0.29) is 7.43 Å². The van der Waals surface area contributed by atoms with Crippen molar-refractivity contribution in [1.82, 2.24) is 0 Å². The lowest BCUT2D eigenvalue weighted by molar-refractivity contribution is 0.610. The van der Waals surface area contributed by atoms with Gasteiger partial charge in [-0.05, 0) is 0 Å². The first kappa shape index (κ1) is 9.85. The van der Waals surface area contributed by atoms with E-state index in [0.717, 1.165) is 11.7 Å². The fourth-order valence-corrected chi connectivity index (χ4v) is 0. The van der Waals surface area contributed by atoms with Crippen LogP contribution < -0.4 is 0 Å². The second kappa shape index (κ2) is 2.80. The van der Waals surface area contributed by atoms with E-state index in [9.17, 15) is 8.42 Å². The zero-order valence-electron chi connectivity index (χ0n) is 3.51. The second-order valence-corrected chi connectivity index (χ2v) is 2.99. The molecule has 0 N–H and O–H groups in total. The first-order valence-electron chi connectivity index (χ1n) is 1.39. The lowest BCUT2D eigenvalue weighted by atomic mass is 11.3. The van der Waals surface area contributed by atoms with Crippen LogP contribution in [0.25, 0.3) is 0 Å². The molecule has 0 rings (SSSR count). The van der Waals surface area contributed by atoms with Gasteiger partial charge in [0.1, 0.15) is 0 Å². The maximum absolute atomic E-state index is 9.88. The van der Waals surface area contributed by atoms with Crippen LogP contribution in [0.4, 0.5) is 0 Å². The molecule has 0 aromatic rings. The molecule has 0 aliphatic rings. The van der Waals surface area contributed by atoms with Crippen LogP contribution in [0, 0.1) is 0 Å². The minimum Gasteiger partial charge on any atom is -0.225 e. The molecule has 44 valence electrons. The van der Waals surface area contributed by atoms with Gasteiger partial charge in [0, 0.05) is 11.7 Å². The predicted octanol–water partition coefficient (Wildman–Crippen LogP) is 0.811. The zero-order valence-corrected chi connectivity index (χ0v) is 4.33. The van der Waals surface area contributed by atoms with E-state index in [2.05, 4.69) is 6.58 Å². The first-order valence-corrected chi connectivity index (χ1v) is 3.34. The molecule has 0 saturated heterocycles. The average molecular weight is 122 g/mol. The SMILES string of the molecule is C.C=CS(C)(=O)=O. The molecule has 0 atom stereocenters. The quantitative estimate of drug-likeness (QED) is 0.515. The van der Waals surface area contributed by atoms with Crippen LogP contribution in [-0.2, 0) is 9.84 Å². The first-order chi connectivity index (χ1) is 2.56. The highest BCUT2D eigenvalue weighted by molar-refractivity contribution is 7.93. The van der Waals surface area contributed by atoms with Gasteiger partial charge in [0.2, 0.25) is 0 Å². The topological polar surface area (TPSA) is 34.1 Å².